The smallest absolute Gasteiger partial charge is 0.189 e. The van der Waals surface area contributed by atoms with Gasteiger partial charge in [-0.3, -0.25) is 4.79 Å². The molecule has 3 nitrogen and oxygen atoms in total. The molecule has 0 aromatic heterocycles. The lowest BCUT2D eigenvalue weighted by atomic mass is 10.1. The van der Waals surface area contributed by atoms with Crippen molar-refractivity contribution < 1.29 is 14.3 Å². The standard InChI is InChI=1S/C17H12Cl4O3/c1-23-13-7-4-10(18)9(16(13)20)3-6-12(22)15-11(19)5-8-14(24-2)17(15)21/h3-8H,1-2H3/b6-3+. The molecule has 0 saturated carbocycles. The summed E-state index contributed by atoms with van der Waals surface area (Å²) >= 11 is 24.6. The molecule has 0 saturated heterocycles. The average molecular weight is 406 g/mol. The predicted octanol–water partition coefficient (Wildman–Crippen LogP) is 6.21. The Balaban J connectivity index is 2.43. The Bertz CT molecular complexity index is 816. The van der Waals surface area contributed by atoms with E-state index in [9.17, 15) is 4.79 Å². The molecule has 0 N–H and O–H groups in total. The van der Waals surface area contributed by atoms with Crippen LogP contribution in [0, 0.1) is 0 Å². The highest BCUT2D eigenvalue weighted by Crippen LogP contribution is 2.36. The Morgan fingerprint density at radius 1 is 0.875 bits per heavy atom. The lowest BCUT2D eigenvalue weighted by Gasteiger charge is -2.09. The number of carbonyl (C=O) groups is 1. The van der Waals surface area contributed by atoms with Crippen LogP contribution in [0.25, 0.3) is 6.08 Å². The van der Waals surface area contributed by atoms with Crippen LogP contribution in [-0.2, 0) is 0 Å². The van der Waals surface area contributed by atoms with Crippen LogP contribution in [0.3, 0.4) is 0 Å². The predicted molar refractivity (Wildman–Crippen MR) is 99.4 cm³/mol. The van der Waals surface area contributed by atoms with Crippen molar-refractivity contribution >= 4 is 58.3 Å². The molecule has 126 valence electrons. The number of carbonyl (C=O) groups excluding carboxylic acids is 1. The molecule has 0 aliphatic rings. The first kappa shape index (κ1) is 18.9. The highest BCUT2D eigenvalue weighted by molar-refractivity contribution is 6.42. The first-order chi connectivity index (χ1) is 11.4. The van der Waals surface area contributed by atoms with Crippen molar-refractivity contribution in [3.63, 3.8) is 0 Å². The van der Waals surface area contributed by atoms with Crippen molar-refractivity contribution in [1.29, 1.82) is 0 Å². The normalized spacial score (nSPS) is 10.9. The van der Waals surface area contributed by atoms with Gasteiger partial charge in [0.05, 0.1) is 34.9 Å². The Hall–Kier alpha value is -1.39. The number of hydrogen-bond acceptors (Lipinski definition) is 3. The molecular formula is C17H12Cl4O3. The molecule has 2 rings (SSSR count). The van der Waals surface area contributed by atoms with E-state index >= 15 is 0 Å². The van der Waals surface area contributed by atoms with E-state index in [2.05, 4.69) is 0 Å². The molecule has 0 aliphatic heterocycles. The maximum atomic E-state index is 12.5. The van der Waals surface area contributed by atoms with Crippen molar-refractivity contribution in [2.24, 2.45) is 0 Å². The minimum absolute atomic E-state index is 0.141. The third kappa shape index (κ3) is 3.81. The van der Waals surface area contributed by atoms with Gasteiger partial charge < -0.3 is 9.47 Å². The van der Waals surface area contributed by atoms with E-state index in [0.29, 0.717) is 27.1 Å². The van der Waals surface area contributed by atoms with Gasteiger partial charge in [0.15, 0.2) is 5.78 Å². The van der Waals surface area contributed by atoms with Crippen molar-refractivity contribution in [2.45, 2.75) is 0 Å². The first-order valence-corrected chi connectivity index (χ1v) is 8.18. The van der Waals surface area contributed by atoms with Crippen LogP contribution < -0.4 is 9.47 Å². The van der Waals surface area contributed by atoms with E-state index in [4.69, 9.17) is 55.9 Å². The minimum atomic E-state index is -0.404. The summed E-state index contributed by atoms with van der Waals surface area (Å²) in [4.78, 5) is 12.5. The van der Waals surface area contributed by atoms with Crippen molar-refractivity contribution in [1.82, 2.24) is 0 Å². The second-order valence-electron chi connectivity index (χ2n) is 4.61. The Morgan fingerprint density at radius 2 is 1.42 bits per heavy atom. The maximum absolute atomic E-state index is 12.5. The van der Waals surface area contributed by atoms with Crippen LogP contribution >= 0.6 is 46.4 Å². The van der Waals surface area contributed by atoms with E-state index in [0.717, 1.165) is 0 Å². The molecule has 0 amide bonds. The molecule has 0 heterocycles. The van der Waals surface area contributed by atoms with E-state index < -0.39 is 5.78 Å². The Morgan fingerprint density at radius 3 is 2.00 bits per heavy atom. The van der Waals surface area contributed by atoms with Crippen LogP contribution in [-0.4, -0.2) is 20.0 Å². The number of allylic oxidation sites excluding steroid dienone is 1. The van der Waals surface area contributed by atoms with Gasteiger partial charge >= 0.3 is 0 Å². The topological polar surface area (TPSA) is 35.5 Å². The monoisotopic (exact) mass is 404 g/mol. The van der Waals surface area contributed by atoms with Crippen LogP contribution in [0.2, 0.25) is 20.1 Å². The SMILES string of the molecule is COc1ccc(Cl)c(/C=C/C(=O)c2c(Cl)ccc(OC)c2Cl)c1Cl. The molecular weight excluding hydrogens is 394 g/mol. The molecule has 2 aromatic rings. The van der Waals surface area contributed by atoms with Crippen molar-refractivity contribution in [3.8, 4) is 11.5 Å². The van der Waals surface area contributed by atoms with Gasteiger partial charge in [-0.1, -0.05) is 46.4 Å². The summed E-state index contributed by atoms with van der Waals surface area (Å²) in [5, 5.41) is 1.05. The molecule has 0 aliphatic carbocycles. The van der Waals surface area contributed by atoms with Gasteiger partial charge in [-0.25, -0.2) is 0 Å². The lowest BCUT2D eigenvalue weighted by molar-refractivity contribution is 0.104. The van der Waals surface area contributed by atoms with Gasteiger partial charge in [-0.05, 0) is 36.4 Å². The number of hydrogen-bond donors (Lipinski definition) is 0. The van der Waals surface area contributed by atoms with E-state index in [-0.39, 0.29) is 15.6 Å². The van der Waals surface area contributed by atoms with E-state index in [1.54, 1.807) is 24.3 Å². The third-order valence-corrected chi connectivity index (χ3v) is 4.64. The van der Waals surface area contributed by atoms with Gasteiger partial charge in [0.2, 0.25) is 0 Å². The van der Waals surface area contributed by atoms with Crippen LogP contribution in [0.4, 0.5) is 0 Å². The molecule has 0 unspecified atom stereocenters. The molecule has 24 heavy (non-hydrogen) atoms. The highest BCUT2D eigenvalue weighted by atomic mass is 35.5. The number of benzene rings is 2. The summed E-state index contributed by atoms with van der Waals surface area (Å²) in [6, 6.07) is 6.39. The second kappa shape index (κ2) is 8.13. The first-order valence-electron chi connectivity index (χ1n) is 6.67. The van der Waals surface area contributed by atoms with Gasteiger partial charge in [0.1, 0.15) is 11.5 Å². The largest absolute Gasteiger partial charge is 0.495 e. The highest BCUT2D eigenvalue weighted by Gasteiger charge is 2.17. The number of ketones is 1. The minimum Gasteiger partial charge on any atom is -0.495 e. The fraction of sp³-hybridized carbons (Fsp3) is 0.118. The Labute approximate surface area is 159 Å². The molecule has 0 bridgehead atoms. The fourth-order valence-corrected chi connectivity index (χ4v) is 3.23. The summed E-state index contributed by atoms with van der Waals surface area (Å²) < 4.78 is 10.2. The number of rotatable bonds is 5. The van der Waals surface area contributed by atoms with E-state index in [1.165, 1.54) is 26.4 Å². The number of ether oxygens (including phenoxy) is 2. The summed E-state index contributed by atoms with van der Waals surface area (Å²) in [5.74, 6) is 0.403. The zero-order valence-corrected chi connectivity index (χ0v) is 15.7. The third-order valence-electron chi connectivity index (χ3n) is 3.23. The van der Waals surface area contributed by atoms with Gasteiger partial charge in [-0.2, -0.15) is 0 Å². The zero-order chi connectivity index (χ0) is 17.9. The van der Waals surface area contributed by atoms with Crippen molar-refractivity contribution in [2.75, 3.05) is 14.2 Å². The van der Waals surface area contributed by atoms with Crippen LogP contribution in [0.15, 0.2) is 30.3 Å². The quantitative estimate of drug-likeness (QED) is 0.437. The van der Waals surface area contributed by atoms with Gasteiger partial charge in [0.25, 0.3) is 0 Å². The molecule has 7 heteroatoms. The zero-order valence-electron chi connectivity index (χ0n) is 12.7. The average Bonchev–Trinajstić information content (AvgIpc) is 2.55. The number of halogens is 4. The van der Waals surface area contributed by atoms with E-state index in [1.807, 2.05) is 0 Å². The molecule has 0 radical (unpaired) electrons. The summed E-state index contributed by atoms with van der Waals surface area (Å²) in [6.45, 7) is 0. The summed E-state index contributed by atoms with van der Waals surface area (Å²) in [6.07, 6.45) is 2.78. The molecule has 0 atom stereocenters. The summed E-state index contributed by atoms with van der Waals surface area (Å²) in [7, 11) is 2.94. The van der Waals surface area contributed by atoms with Crippen LogP contribution in [0.5, 0.6) is 11.5 Å². The molecule has 0 fully saturated rings. The molecule has 0 spiro atoms. The van der Waals surface area contributed by atoms with Gasteiger partial charge in [-0.15, -0.1) is 0 Å². The molecule has 2 aromatic carbocycles. The lowest BCUT2D eigenvalue weighted by Crippen LogP contribution is -1.99. The fourth-order valence-electron chi connectivity index (χ4n) is 2.02. The Kier molecular flexibility index (Phi) is 6.41. The van der Waals surface area contributed by atoms with Gasteiger partial charge in [0, 0.05) is 10.6 Å². The maximum Gasteiger partial charge on any atom is 0.189 e. The van der Waals surface area contributed by atoms with Crippen molar-refractivity contribution in [3.05, 3.63) is 61.6 Å². The summed E-state index contributed by atoms with van der Waals surface area (Å²) in [5.41, 5.74) is 0.602. The van der Waals surface area contributed by atoms with Crippen LogP contribution in [0.1, 0.15) is 15.9 Å². The number of methoxy groups -OCH3 is 2. The second-order valence-corrected chi connectivity index (χ2v) is 6.18.